The number of fused-ring (bicyclic) bond motifs is 1. The molecule has 2 nitrogen and oxygen atoms in total. The van der Waals surface area contributed by atoms with E-state index in [-0.39, 0.29) is 0 Å². The Kier molecular flexibility index (Phi) is 3.25. The SMILES string of the molecule is CNCc1c(C(C)C)n(C)c2c(C)cccc12. The first-order valence-corrected chi connectivity index (χ1v) is 6.29. The van der Waals surface area contributed by atoms with Gasteiger partial charge in [0.25, 0.3) is 0 Å². The summed E-state index contributed by atoms with van der Waals surface area (Å²) in [6.07, 6.45) is 0. The van der Waals surface area contributed by atoms with E-state index in [0.717, 1.165) is 6.54 Å². The number of nitrogens with one attached hydrogen (secondary N) is 1. The van der Waals surface area contributed by atoms with Crippen LogP contribution in [0.1, 0.15) is 36.6 Å². The maximum Gasteiger partial charge on any atom is 0.0513 e. The minimum atomic E-state index is 0.551. The van der Waals surface area contributed by atoms with Gasteiger partial charge in [-0.1, -0.05) is 32.0 Å². The smallest absolute Gasteiger partial charge is 0.0513 e. The summed E-state index contributed by atoms with van der Waals surface area (Å²) >= 11 is 0. The average Bonchev–Trinajstić information content (AvgIpc) is 2.54. The summed E-state index contributed by atoms with van der Waals surface area (Å²) < 4.78 is 2.36. The van der Waals surface area contributed by atoms with Crippen molar-refractivity contribution >= 4 is 10.9 Å². The Hall–Kier alpha value is -1.28. The van der Waals surface area contributed by atoms with Crippen LogP contribution in [-0.2, 0) is 13.6 Å². The van der Waals surface area contributed by atoms with Gasteiger partial charge in [-0.25, -0.2) is 0 Å². The number of hydrogen-bond acceptors (Lipinski definition) is 1. The second kappa shape index (κ2) is 4.53. The van der Waals surface area contributed by atoms with Gasteiger partial charge >= 0.3 is 0 Å². The van der Waals surface area contributed by atoms with Gasteiger partial charge in [-0.2, -0.15) is 0 Å². The lowest BCUT2D eigenvalue weighted by Crippen LogP contribution is -2.09. The quantitative estimate of drug-likeness (QED) is 0.856. The van der Waals surface area contributed by atoms with E-state index in [4.69, 9.17) is 0 Å². The van der Waals surface area contributed by atoms with Gasteiger partial charge in [0.1, 0.15) is 0 Å². The number of nitrogens with zero attached hydrogens (tertiary/aromatic N) is 1. The molecule has 2 heteroatoms. The Morgan fingerprint density at radius 1 is 1.29 bits per heavy atom. The fraction of sp³-hybridized carbons (Fsp3) is 0.467. The Labute approximate surface area is 104 Å². The fourth-order valence-electron chi connectivity index (χ4n) is 2.91. The number of rotatable bonds is 3. The molecular formula is C15H22N2. The van der Waals surface area contributed by atoms with Crippen LogP contribution in [0.15, 0.2) is 18.2 Å². The highest BCUT2D eigenvalue weighted by molar-refractivity contribution is 5.88. The van der Waals surface area contributed by atoms with Crippen molar-refractivity contribution in [2.45, 2.75) is 33.2 Å². The van der Waals surface area contributed by atoms with E-state index in [1.54, 1.807) is 0 Å². The van der Waals surface area contributed by atoms with Crippen LogP contribution in [0.25, 0.3) is 10.9 Å². The third-order valence-electron chi connectivity index (χ3n) is 3.47. The van der Waals surface area contributed by atoms with Crippen molar-refractivity contribution in [2.24, 2.45) is 7.05 Å². The molecule has 92 valence electrons. The summed E-state index contributed by atoms with van der Waals surface area (Å²) in [6.45, 7) is 7.66. The zero-order valence-corrected chi connectivity index (χ0v) is 11.5. The van der Waals surface area contributed by atoms with Gasteiger partial charge in [0.15, 0.2) is 0 Å². The standard InChI is InChI=1S/C15H22N2/c1-10(2)14-13(9-16-4)12-8-6-7-11(3)15(12)17(14)5/h6-8,10,16H,9H2,1-5H3. The highest BCUT2D eigenvalue weighted by Crippen LogP contribution is 2.31. The normalized spacial score (nSPS) is 11.6. The highest BCUT2D eigenvalue weighted by atomic mass is 15.0. The number of para-hydroxylation sites is 1. The summed E-state index contributed by atoms with van der Waals surface area (Å²) in [5.41, 5.74) is 5.63. The molecule has 0 aliphatic heterocycles. The first-order valence-electron chi connectivity index (χ1n) is 6.29. The van der Waals surface area contributed by atoms with Crippen LogP contribution >= 0.6 is 0 Å². The molecule has 0 radical (unpaired) electrons. The lowest BCUT2D eigenvalue weighted by atomic mass is 10.0. The minimum Gasteiger partial charge on any atom is -0.347 e. The zero-order chi connectivity index (χ0) is 12.6. The van der Waals surface area contributed by atoms with Crippen molar-refractivity contribution in [1.82, 2.24) is 9.88 Å². The third kappa shape index (κ3) is 1.87. The molecule has 2 aromatic rings. The first kappa shape index (κ1) is 12.2. The molecule has 0 spiro atoms. The predicted octanol–water partition coefficient (Wildman–Crippen LogP) is 3.33. The molecule has 0 bridgehead atoms. The van der Waals surface area contributed by atoms with Gasteiger partial charge in [0, 0.05) is 24.7 Å². The number of hydrogen-bond donors (Lipinski definition) is 1. The molecule has 1 aromatic carbocycles. The van der Waals surface area contributed by atoms with Crippen LogP contribution < -0.4 is 5.32 Å². The Morgan fingerprint density at radius 3 is 2.59 bits per heavy atom. The lowest BCUT2D eigenvalue weighted by molar-refractivity contribution is 0.718. The minimum absolute atomic E-state index is 0.551. The summed E-state index contributed by atoms with van der Waals surface area (Å²) in [5.74, 6) is 0.551. The van der Waals surface area contributed by atoms with Gasteiger partial charge in [-0.3, -0.25) is 0 Å². The molecule has 17 heavy (non-hydrogen) atoms. The predicted molar refractivity (Wildman–Crippen MR) is 74.5 cm³/mol. The fourth-order valence-corrected chi connectivity index (χ4v) is 2.91. The van der Waals surface area contributed by atoms with Crippen LogP contribution in [0.3, 0.4) is 0 Å². The van der Waals surface area contributed by atoms with Crippen LogP contribution in [0.4, 0.5) is 0 Å². The van der Waals surface area contributed by atoms with Crippen molar-refractivity contribution in [2.75, 3.05) is 7.05 Å². The van der Waals surface area contributed by atoms with E-state index < -0.39 is 0 Å². The van der Waals surface area contributed by atoms with Gasteiger partial charge in [0.2, 0.25) is 0 Å². The van der Waals surface area contributed by atoms with Gasteiger partial charge < -0.3 is 9.88 Å². The molecular weight excluding hydrogens is 208 g/mol. The van der Waals surface area contributed by atoms with E-state index in [1.807, 2.05) is 7.05 Å². The summed E-state index contributed by atoms with van der Waals surface area (Å²) in [4.78, 5) is 0. The first-order chi connectivity index (χ1) is 8.07. The Morgan fingerprint density at radius 2 is 2.00 bits per heavy atom. The molecule has 0 saturated heterocycles. The molecule has 0 saturated carbocycles. The molecule has 0 aliphatic rings. The van der Waals surface area contributed by atoms with Crippen molar-refractivity contribution < 1.29 is 0 Å². The third-order valence-corrected chi connectivity index (χ3v) is 3.47. The Balaban J connectivity index is 2.83. The van der Waals surface area contributed by atoms with Crippen molar-refractivity contribution in [3.05, 3.63) is 35.0 Å². The van der Waals surface area contributed by atoms with Gasteiger partial charge in [-0.05, 0) is 31.0 Å². The largest absolute Gasteiger partial charge is 0.347 e. The maximum atomic E-state index is 3.29. The van der Waals surface area contributed by atoms with E-state index in [2.05, 4.69) is 55.9 Å². The van der Waals surface area contributed by atoms with E-state index in [0.29, 0.717) is 5.92 Å². The van der Waals surface area contributed by atoms with E-state index in [9.17, 15) is 0 Å². The molecule has 0 fully saturated rings. The van der Waals surface area contributed by atoms with Crippen molar-refractivity contribution in [3.8, 4) is 0 Å². The molecule has 1 heterocycles. The topological polar surface area (TPSA) is 17.0 Å². The average molecular weight is 230 g/mol. The number of aromatic nitrogens is 1. The highest BCUT2D eigenvalue weighted by Gasteiger charge is 2.17. The maximum absolute atomic E-state index is 3.29. The molecule has 0 aliphatic carbocycles. The summed E-state index contributed by atoms with van der Waals surface area (Å²) in [7, 11) is 4.20. The van der Waals surface area contributed by atoms with Gasteiger partial charge in [0.05, 0.1) is 5.52 Å². The second-order valence-corrected chi connectivity index (χ2v) is 5.08. The molecule has 0 unspecified atom stereocenters. The van der Waals surface area contributed by atoms with E-state index >= 15 is 0 Å². The van der Waals surface area contributed by atoms with Crippen LogP contribution in [0, 0.1) is 6.92 Å². The second-order valence-electron chi connectivity index (χ2n) is 5.08. The molecule has 2 rings (SSSR count). The number of benzene rings is 1. The molecule has 0 amide bonds. The van der Waals surface area contributed by atoms with Crippen LogP contribution in [0.2, 0.25) is 0 Å². The Bertz CT molecular complexity index is 535. The van der Waals surface area contributed by atoms with Crippen LogP contribution in [-0.4, -0.2) is 11.6 Å². The van der Waals surface area contributed by atoms with Gasteiger partial charge in [-0.15, -0.1) is 0 Å². The van der Waals surface area contributed by atoms with Crippen molar-refractivity contribution in [1.29, 1.82) is 0 Å². The van der Waals surface area contributed by atoms with E-state index in [1.165, 1.54) is 27.7 Å². The monoisotopic (exact) mass is 230 g/mol. The number of aryl methyl sites for hydroxylation is 2. The van der Waals surface area contributed by atoms with Crippen LogP contribution in [0.5, 0.6) is 0 Å². The molecule has 0 atom stereocenters. The molecule has 1 aromatic heterocycles. The molecule has 1 N–H and O–H groups in total. The lowest BCUT2D eigenvalue weighted by Gasteiger charge is -2.11. The van der Waals surface area contributed by atoms with Crippen molar-refractivity contribution in [3.63, 3.8) is 0 Å². The summed E-state index contributed by atoms with van der Waals surface area (Å²) in [5, 5.41) is 4.68. The summed E-state index contributed by atoms with van der Waals surface area (Å²) in [6, 6.07) is 6.58. The zero-order valence-electron chi connectivity index (χ0n) is 11.5.